The molecule has 0 atom stereocenters. The van der Waals surface area contributed by atoms with Gasteiger partial charge in [0.1, 0.15) is 5.75 Å². The summed E-state index contributed by atoms with van der Waals surface area (Å²) in [7, 11) is 4.39. The van der Waals surface area contributed by atoms with Crippen molar-refractivity contribution in [3.8, 4) is 23.0 Å². The van der Waals surface area contributed by atoms with Crippen LogP contribution in [0.3, 0.4) is 0 Å². The second-order valence-electron chi connectivity index (χ2n) is 6.20. The number of nitrogens with zero attached hydrogens (tertiary/aromatic N) is 2. The molecule has 3 aromatic rings. The molecular formula is C20H18N4O6. The average molecular weight is 410 g/mol. The quantitative estimate of drug-likeness (QED) is 0.546. The predicted molar refractivity (Wildman–Crippen MR) is 109 cm³/mol. The van der Waals surface area contributed by atoms with E-state index in [1.54, 1.807) is 30.3 Å². The Morgan fingerprint density at radius 2 is 1.80 bits per heavy atom. The van der Waals surface area contributed by atoms with Gasteiger partial charge in [-0.3, -0.25) is 10.1 Å². The second kappa shape index (κ2) is 7.66. The lowest BCUT2D eigenvalue weighted by Gasteiger charge is -2.09. The van der Waals surface area contributed by atoms with E-state index < -0.39 is 0 Å². The highest BCUT2D eigenvalue weighted by molar-refractivity contribution is 6.11. The van der Waals surface area contributed by atoms with Crippen LogP contribution in [0.15, 0.2) is 39.7 Å². The molecule has 0 radical (unpaired) electrons. The molecule has 3 N–H and O–H groups in total. The largest absolute Gasteiger partial charge is 0.502 e. The Kier molecular flexibility index (Phi) is 4.88. The van der Waals surface area contributed by atoms with Crippen LogP contribution in [-0.4, -0.2) is 43.5 Å². The maximum absolute atomic E-state index is 12.5. The number of benzene rings is 2. The first-order chi connectivity index (χ1) is 14.5. The highest BCUT2D eigenvalue weighted by Gasteiger charge is 2.24. The highest BCUT2D eigenvalue weighted by atomic mass is 16.5. The minimum Gasteiger partial charge on any atom is -0.502 e. The summed E-state index contributed by atoms with van der Waals surface area (Å²) < 4.78 is 21.0. The van der Waals surface area contributed by atoms with Gasteiger partial charge in [0.05, 0.1) is 32.6 Å². The zero-order valence-corrected chi connectivity index (χ0v) is 16.3. The van der Waals surface area contributed by atoms with Crippen molar-refractivity contribution < 1.29 is 28.5 Å². The molecule has 0 bridgehead atoms. The van der Waals surface area contributed by atoms with Crippen molar-refractivity contribution in [2.75, 3.05) is 32.0 Å². The third-order valence-corrected chi connectivity index (χ3v) is 4.39. The normalized spacial score (nSPS) is 12.4. The minimum atomic E-state index is -0.366. The molecule has 0 unspecified atom stereocenters. The standard InChI is InChI=1S/C20H18N4O6/c1-27-11-4-5-13-12(8-11)18(26)24-19-17(22-13)23-20(30-19)21-9-10-6-14(28-2)16(25)15(7-10)29-3/h4-9,22,25H,1-3H3,(H,24,26)/b21-9+. The van der Waals surface area contributed by atoms with E-state index in [2.05, 4.69) is 20.6 Å². The summed E-state index contributed by atoms with van der Waals surface area (Å²) in [6, 6.07) is 8.26. The van der Waals surface area contributed by atoms with Crippen molar-refractivity contribution in [1.29, 1.82) is 0 Å². The average Bonchev–Trinajstić information content (AvgIpc) is 3.08. The number of carbonyl (C=O) groups excluding carboxylic acids is 1. The summed E-state index contributed by atoms with van der Waals surface area (Å²) in [4.78, 5) is 21.0. The number of amides is 1. The summed E-state index contributed by atoms with van der Waals surface area (Å²) in [5.74, 6) is 1.02. The van der Waals surface area contributed by atoms with E-state index >= 15 is 0 Å². The number of aromatic hydroxyl groups is 1. The molecule has 4 rings (SSSR count). The van der Waals surface area contributed by atoms with Crippen LogP contribution in [0.2, 0.25) is 0 Å². The summed E-state index contributed by atoms with van der Waals surface area (Å²) in [6.07, 6.45) is 1.47. The van der Waals surface area contributed by atoms with Gasteiger partial charge >= 0.3 is 6.01 Å². The van der Waals surface area contributed by atoms with Crippen molar-refractivity contribution in [1.82, 2.24) is 4.98 Å². The van der Waals surface area contributed by atoms with Crippen LogP contribution in [0, 0.1) is 0 Å². The van der Waals surface area contributed by atoms with Crippen molar-refractivity contribution in [2.24, 2.45) is 4.99 Å². The number of aromatic nitrogens is 1. The number of phenolic OH excluding ortho intramolecular Hbond substituents is 1. The van der Waals surface area contributed by atoms with Crippen LogP contribution in [0.1, 0.15) is 15.9 Å². The van der Waals surface area contributed by atoms with Crippen molar-refractivity contribution >= 4 is 35.5 Å². The van der Waals surface area contributed by atoms with Gasteiger partial charge < -0.3 is 29.1 Å². The third kappa shape index (κ3) is 3.46. The molecule has 1 amide bonds. The molecule has 10 nitrogen and oxygen atoms in total. The monoisotopic (exact) mass is 410 g/mol. The van der Waals surface area contributed by atoms with Crippen LogP contribution >= 0.6 is 0 Å². The van der Waals surface area contributed by atoms with Crippen LogP contribution in [0.25, 0.3) is 0 Å². The molecule has 2 heterocycles. The van der Waals surface area contributed by atoms with Gasteiger partial charge in [-0.15, -0.1) is 0 Å². The molecule has 1 aliphatic heterocycles. The Morgan fingerprint density at radius 3 is 2.47 bits per heavy atom. The molecule has 0 spiro atoms. The van der Waals surface area contributed by atoms with Crippen LogP contribution in [0.4, 0.5) is 23.4 Å². The number of ether oxygens (including phenoxy) is 3. The number of anilines is 3. The number of methoxy groups -OCH3 is 3. The topological polar surface area (TPSA) is 127 Å². The van der Waals surface area contributed by atoms with Crippen molar-refractivity contribution in [3.05, 3.63) is 41.5 Å². The minimum absolute atomic E-state index is 0.0239. The predicted octanol–water partition coefficient (Wildman–Crippen LogP) is 3.47. The molecule has 0 fully saturated rings. The van der Waals surface area contributed by atoms with E-state index in [1.165, 1.54) is 27.5 Å². The lowest BCUT2D eigenvalue weighted by molar-refractivity contribution is 0.102. The van der Waals surface area contributed by atoms with Crippen LogP contribution < -0.4 is 24.8 Å². The summed E-state index contributed by atoms with van der Waals surface area (Å²) >= 11 is 0. The number of hydrogen-bond donors (Lipinski definition) is 3. The zero-order valence-electron chi connectivity index (χ0n) is 16.3. The Balaban J connectivity index is 1.63. The third-order valence-electron chi connectivity index (χ3n) is 4.39. The molecule has 0 saturated heterocycles. The fourth-order valence-electron chi connectivity index (χ4n) is 2.90. The maximum atomic E-state index is 12.5. The summed E-state index contributed by atoms with van der Waals surface area (Å²) in [5, 5.41) is 15.7. The van der Waals surface area contributed by atoms with E-state index in [1.807, 2.05) is 0 Å². The SMILES string of the molecule is COc1ccc2c(c1)C(=O)Nc1oc(/N=C/c3cc(OC)c(O)c(OC)c3)nc1N2. The number of fused-ring (bicyclic) bond motifs is 2. The Labute approximate surface area is 171 Å². The second-order valence-corrected chi connectivity index (χ2v) is 6.20. The molecule has 1 aliphatic rings. The van der Waals surface area contributed by atoms with Gasteiger partial charge in [-0.25, -0.2) is 4.99 Å². The fraction of sp³-hybridized carbons (Fsp3) is 0.150. The Hall–Kier alpha value is -4.21. The molecular weight excluding hydrogens is 392 g/mol. The van der Waals surface area contributed by atoms with E-state index in [4.69, 9.17) is 18.6 Å². The number of phenols is 1. The molecule has 0 aliphatic carbocycles. The molecule has 2 aromatic carbocycles. The summed E-state index contributed by atoms with van der Waals surface area (Å²) in [6.45, 7) is 0. The van der Waals surface area contributed by atoms with Gasteiger partial charge in [-0.05, 0) is 30.3 Å². The number of hydrogen-bond acceptors (Lipinski definition) is 9. The van der Waals surface area contributed by atoms with E-state index in [0.717, 1.165) is 0 Å². The summed E-state index contributed by atoms with van der Waals surface area (Å²) in [5.41, 5.74) is 1.55. The smallest absolute Gasteiger partial charge is 0.325 e. The molecule has 1 aromatic heterocycles. The van der Waals surface area contributed by atoms with Gasteiger partial charge in [0.25, 0.3) is 5.91 Å². The fourth-order valence-corrected chi connectivity index (χ4v) is 2.90. The highest BCUT2D eigenvalue weighted by Crippen LogP contribution is 2.38. The van der Waals surface area contributed by atoms with Gasteiger partial charge in [0.15, 0.2) is 17.3 Å². The lowest BCUT2D eigenvalue weighted by Crippen LogP contribution is -2.10. The van der Waals surface area contributed by atoms with E-state index in [-0.39, 0.29) is 35.1 Å². The number of carbonyl (C=O) groups is 1. The first-order valence-electron chi connectivity index (χ1n) is 8.78. The number of nitrogens with one attached hydrogen (secondary N) is 2. The number of rotatable bonds is 5. The zero-order chi connectivity index (χ0) is 21.3. The lowest BCUT2D eigenvalue weighted by atomic mass is 10.1. The van der Waals surface area contributed by atoms with Crippen LogP contribution in [-0.2, 0) is 0 Å². The Bertz CT molecular complexity index is 1130. The Morgan fingerprint density at radius 1 is 1.07 bits per heavy atom. The molecule has 10 heteroatoms. The molecule has 30 heavy (non-hydrogen) atoms. The first-order valence-corrected chi connectivity index (χ1v) is 8.78. The van der Waals surface area contributed by atoms with Crippen molar-refractivity contribution in [2.45, 2.75) is 0 Å². The van der Waals surface area contributed by atoms with E-state index in [0.29, 0.717) is 28.4 Å². The van der Waals surface area contributed by atoms with Gasteiger partial charge in [0, 0.05) is 11.8 Å². The molecule has 0 saturated carbocycles. The molecule has 154 valence electrons. The van der Waals surface area contributed by atoms with Crippen molar-refractivity contribution in [3.63, 3.8) is 0 Å². The van der Waals surface area contributed by atoms with Gasteiger partial charge in [-0.1, -0.05) is 0 Å². The number of oxazole rings is 1. The van der Waals surface area contributed by atoms with Gasteiger partial charge in [-0.2, -0.15) is 4.98 Å². The van der Waals surface area contributed by atoms with E-state index in [9.17, 15) is 9.90 Å². The maximum Gasteiger partial charge on any atom is 0.325 e. The van der Waals surface area contributed by atoms with Crippen LogP contribution in [0.5, 0.6) is 23.0 Å². The number of aliphatic imine (C=N–C) groups is 1. The van der Waals surface area contributed by atoms with Gasteiger partial charge in [0.2, 0.25) is 11.6 Å². The first kappa shape index (κ1) is 19.1.